The summed E-state index contributed by atoms with van der Waals surface area (Å²) >= 11 is 0. The number of carbonyl (C=O) groups is 3. The molecule has 0 aromatic carbocycles. The summed E-state index contributed by atoms with van der Waals surface area (Å²) in [6.07, 6.45) is -26.5. The first-order valence-electron chi connectivity index (χ1n) is 27.7. The molecule has 8 rings (SSSR count). The number of hydrogen-bond donors (Lipinski definition) is 13. The summed E-state index contributed by atoms with van der Waals surface area (Å²) in [5, 5.41) is 143. The number of ether oxygens (including phenoxy) is 8. The molecule has 4 saturated carbocycles. The van der Waals surface area contributed by atoms with Crippen LogP contribution < -0.4 is 0 Å². The Hall–Kier alpha value is -2.83. The predicted molar refractivity (Wildman–Crippen MR) is 269 cm³/mol. The van der Waals surface area contributed by atoms with Crippen molar-refractivity contribution >= 4 is 17.9 Å². The van der Waals surface area contributed by atoms with Crippen LogP contribution >= 0.6 is 0 Å². The number of aliphatic hydroxyl groups excluding tert-OH is 12. The van der Waals surface area contributed by atoms with Crippen molar-refractivity contribution in [2.24, 2.45) is 50.2 Å². The van der Waals surface area contributed by atoms with E-state index in [-0.39, 0.29) is 24.7 Å². The molecule has 24 heteroatoms. The highest BCUT2D eigenvalue weighted by molar-refractivity contribution is 5.87. The first-order chi connectivity index (χ1) is 36.9. The largest absolute Gasteiger partial charge is 0.479 e. The van der Waals surface area contributed by atoms with E-state index in [9.17, 15) is 80.8 Å². The minimum atomic E-state index is -2.18. The predicted octanol–water partition coefficient (Wildman–Crippen LogP) is -1.32. The van der Waals surface area contributed by atoms with Crippen LogP contribution in [-0.4, -0.2) is 227 Å². The quantitative estimate of drug-likeness (QED) is 0.0415. The third-order valence-corrected chi connectivity index (χ3v) is 21.1. The van der Waals surface area contributed by atoms with Crippen LogP contribution in [0.2, 0.25) is 0 Å². The van der Waals surface area contributed by atoms with Gasteiger partial charge in [0.05, 0.1) is 44.1 Å². The topological polar surface area (TPSA) is 388 Å². The van der Waals surface area contributed by atoms with Crippen molar-refractivity contribution in [2.75, 3.05) is 26.4 Å². The molecule has 27 atom stereocenters. The van der Waals surface area contributed by atoms with Crippen molar-refractivity contribution in [3.05, 3.63) is 23.3 Å². The summed E-state index contributed by atoms with van der Waals surface area (Å²) in [6, 6.07) is 0. The van der Waals surface area contributed by atoms with Crippen molar-refractivity contribution in [1.82, 2.24) is 0 Å². The van der Waals surface area contributed by atoms with E-state index in [1.54, 1.807) is 19.9 Å². The summed E-state index contributed by atoms with van der Waals surface area (Å²) in [4.78, 5) is 39.5. The van der Waals surface area contributed by atoms with Gasteiger partial charge in [-0.1, -0.05) is 59.3 Å². The number of aliphatic carboxylic acids is 1. The molecule has 3 aliphatic heterocycles. The molecule has 5 aliphatic carbocycles. The Kier molecular flexibility index (Phi) is 17.8. The fourth-order valence-corrected chi connectivity index (χ4v) is 16.2. The van der Waals surface area contributed by atoms with E-state index in [1.165, 1.54) is 6.92 Å². The number of aliphatic hydroxyl groups is 12. The molecule has 0 aromatic heterocycles. The molecule has 20 unspecified atom stereocenters. The maximum Gasteiger partial charge on any atom is 0.335 e. The number of carboxylic acids is 1. The molecule has 0 aromatic rings. The lowest BCUT2D eigenvalue weighted by molar-refractivity contribution is -0.392. The lowest BCUT2D eigenvalue weighted by Crippen LogP contribution is -2.72. The Labute approximate surface area is 459 Å². The number of carboxylic acid groups (broad SMARTS) is 1. The van der Waals surface area contributed by atoms with Crippen LogP contribution in [0.4, 0.5) is 0 Å². The summed E-state index contributed by atoms with van der Waals surface area (Å²) in [5.74, 6) is -3.88. The highest BCUT2D eigenvalue weighted by Crippen LogP contribution is 2.76. The van der Waals surface area contributed by atoms with Crippen molar-refractivity contribution in [1.29, 1.82) is 0 Å². The van der Waals surface area contributed by atoms with Gasteiger partial charge in [0.1, 0.15) is 79.4 Å². The SMILES string of the molecule is C/C=C(\C)C(=O)O[C@H]1[C@H](OC(C)=O)C2(CO)C(CC1(C)C)C1=CCC3[C@@]4(C)CC[C@H](OC5OC(C(=O)O)C(OC6OC(CO)C(O)C(O)C6O)C(O)C5OC5OC(CO)C(O)C(O)C5O)C(C)(CO)C4CC[C@@]3(C)[C@]1(C)C[C@H]2O. The van der Waals surface area contributed by atoms with Crippen LogP contribution in [0, 0.1) is 50.2 Å². The van der Waals surface area contributed by atoms with Gasteiger partial charge in [0, 0.05) is 23.3 Å². The fraction of sp³-hybridized carbons (Fsp3) is 0.873. The molecule has 450 valence electrons. The van der Waals surface area contributed by atoms with Crippen LogP contribution in [0.1, 0.15) is 107 Å². The Morgan fingerprint density at radius 1 is 0.658 bits per heavy atom. The molecule has 8 aliphatic rings. The Bertz CT molecular complexity index is 2290. The molecule has 0 amide bonds. The number of esters is 2. The van der Waals surface area contributed by atoms with Gasteiger partial charge < -0.3 is 104 Å². The lowest BCUT2D eigenvalue weighted by Gasteiger charge is -2.72. The molecule has 0 bridgehead atoms. The number of fused-ring (bicyclic) bond motifs is 7. The van der Waals surface area contributed by atoms with Crippen LogP contribution in [0.3, 0.4) is 0 Å². The maximum absolute atomic E-state index is 13.4. The molecule has 13 N–H and O–H groups in total. The first-order valence-corrected chi connectivity index (χ1v) is 27.7. The van der Waals surface area contributed by atoms with E-state index < -0.39 is 199 Å². The van der Waals surface area contributed by atoms with E-state index in [0.717, 1.165) is 5.57 Å². The molecule has 3 saturated heterocycles. The summed E-state index contributed by atoms with van der Waals surface area (Å²) in [6.45, 7) is 14.1. The van der Waals surface area contributed by atoms with E-state index in [1.807, 2.05) is 20.8 Å². The normalized spacial score (nSPS) is 50.6. The number of rotatable bonds is 14. The summed E-state index contributed by atoms with van der Waals surface area (Å²) in [5.41, 5.74) is -3.78. The smallest absolute Gasteiger partial charge is 0.335 e. The molecule has 3 heterocycles. The number of hydrogen-bond acceptors (Lipinski definition) is 23. The van der Waals surface area contributed by atoms with Gasteiger partial charge in [-0.15, -0.1) is 0 Å². The average Bonchev–Trinajstić information content (AvgIpc) is 3.25. The van der Waals surface area contributed by atoms with E-state index in [0.29, 0.717) is 37.7 Å². The van der Waals surface area contributed by atoms with E-state index >= 15 is 0 Å². The van der Waals surface area contributed by atoms with Gasteiger partial charge in [0.25, 0.3) is 0 Å². The highest BCUT2D eigenvalue weighted by Gasteiger charge is 2.74. The summed E-state index contributed by atoms with van der Waals surface area (Å²) in [7, 11) is 0. The molecule has 24 nitrogen and oxygen atoms in total. The van der Waals surface area contributed by atoms with Gasteiger partial charge >= 0.3 is 17.9 Å². The minimum Gasteiger partial charge on any atom is -0.479 e. The first kappa shape index (κ1) is 62.2. The minimum absolute atomic E-state index is 0.0849. The zero-order valence-corrected chi connectivity index (χ0v) is 46.4. The van der Waals surface area contributed by atoms with Crippen molar-refractivity contribution in [3.8, 4) is 0 Å². The van der Waals surface area contributed by atoms with Gasteiger partial charge in [-0.3, -0.25) is 4.79 Å². The van der Waals surface area contributed by atoms with E-state index in [4.69, 9.17) is 37.9 Å². The Morgan fingerprint density at radius 3 is 1.76 bits per heavy atom. The zero-order valence-electron chi connectivity index (χ0n) is 46.4. The monoisotopic (exact) mass is 1130 g/mol. The van der Waals surface area contributed by atoms with E-state index in [2.05, 4.69) is 26.8 Å². The van der Waals surface area contributed by atoms with Crippen molar-refractivity contribution in [3.63, 3.8) is 0 Å². The van der Waals surface area contributed by atoms with Crippen LogP contribution in [0.25, 0.3) is 0 Å². The average molecular weight is 1130 g/mol. The highest BCUT2D eigenvalue weighted by atomic mass is 16.8. The Morgan fingerprint density at radius 2 is 1.24 bits per heavy atom. The van der Waals surface area contributed by atoms with Crippen LogP contribution in [0.5, 0.6) is 0 Å². The van der Waals surface area contributed by atoms with Crippen LogP contribution in [-0.2, 0) is 52.3 Å². The molecule has 0 spiro atoms. The van der Waals surface area contributed by atoms with Crippen molar-refractivity contribution < 1.29 is 119 Å². The molecule has 7 fully saturated rings. The second kappa shape index (κ2) is 22.6. The number of carbonyl (C=O) groups excluding carboxylic acids is 2. The maximum atomic E-state index is 13.4. The molecule has 79 heavy (non-hydrogen) atoms. The zero-order chi connectivity index (χ0) is 58.4. The van der Waals surface area contributed by atoms with Crippen LogP contribution in [0.15, 0.2) is 23.3 Å². The second-order valence-electron chi connectivity index (χ2n) is 25.5. The second-order valence-corrected chi connectivity index (χ2v) is 25.5. The number of allylic oxidation sites excluding steroid dienone is 3. The third-order valence-electron chi connectivity index (χ3n) is 21.1. The summed E-state index contributed by atoms with van der Waals surface area (Å²) < 4.78 is 48.2. The lowest BCUT2D eigenvalue weighted by atomic mass is 9.33. The van der Waals surface area contributed by atoms with Gasteiger partial charge in [0.15, 0.2) is 25.0 Å². The van der Waals surface area contributed by atoms with Gasteiger partial charge in [0.2, 0.25) is 0 Å². The van der Waals surface area contributed by atoms with Gasteiger partial charge in [-0.25, -0.2) is 9.59 Å². The third kappa shape index (κ3) is 9.94. The van der Waals surface area contributed by atoms with Gasteiger partial charge in [-0.05, 0) is 92.8 Å². The molecular weight excluding hydrogens is 1040 g/mol. The standard InChI is InChI=1S/C55H86O24/c1-10-23(2)46(71)79-43-44(72-24(3)60)55(22-59)26(17-50(43,4)5)25-11-12-30-51(6)15-14-32(52(7,21-58)29(51)13-16-53(30,8)54(25,9)18-31(55)61)75-49-41(77-48-38(67)36(65)34(63)28(20-57)74-48)39(68)40(42(78-49)45(69)70)76-47-37(66)35(64)33(62)27(19-56)73-47/h10-11,26-44,47-49,56-59,61-68H,12-22H2,1-9H3,(H,69,70)/b23-10+/t26?,27?,28?,29?,30?,31-,32+,33?,34?,35?,36?,37?,38?,39?,40?,41?,42?,43+,44+,47?,48?,49?,51+,52?,53-,54-,55?/m1/s1. The van der Waals surface area contributed by atoms with Gasteiger partial charge in [-0.2, -0.15) is 0 Å². The van der Waals surface area contributed by atoms with Crippen molar-refractivity contribution in [2.45, 2.75) is 224 Å². The molecular formula is C55H86O24. The molecule has 0 radical (unpaired) electrons. The fourth-order valence-electron chi connectivity index (χ4n) is 16.2. The Balaban J connectivity index is 1.12.